The molecule has 26 heavy (non-hydrogen) atoms. The molecular formula is C15H21NO7P2Se. The summed E-state index contributed by atoms with van der Waals surface area (Å²) in [6, 6.07) is 6.50. The van der Waals surface area contributed by atoms with Gasteiger partial charge in [-0.25, -0.2) is 0 Å². The molecule has 8 nitrogen and oxygen atoms in total. The summed E-state index contributed by atoms with van der Waals surface area (Å²) >= 11 is 0.0457. The molecule has 4 N–H and O–H groups in total. The van der Waals surface area contributed by atoms with Gasteiger partial charge >= 0.3 is 157 Å². The van der Waals surface area contributed by atoms with Crippen LogP contribution in [0.3, 0.4) is 0 Å². The maximum absolute atomic E-state index is 12.6. The molecule has 3 rings (SSSR count). The Bertz CT molecular complexity index is 753. The van der Waals surface area contributed by atoms with Gasteiger partial charge in [0.15, 0.2) is 0 Å². The molecule has 2 aliphatic rings. The summed E-state index contributed by atoms with van der Waals surface area (Å²) in [6.07, 6.45) is 3.83. The van der Waals surface area contributed by atoms with Gasteiger partial charge in [-0.05, 0) is 0 Å². The molecule has 1 aliphatic heterocycles. The monoisotopic (exact) mass is 469 g/mol. The number of rotatable bonds is 5. The molecule has 11 heteroatoms. The standard InChI is InChI=1S/C15H21NO7P2Se/c17-15-12-3-1-2-4-13(12)26-16(15)11-7-5-10(6-8-11)9-14(24(18,19)20)25(21,22)23/h5-8,12-14H,1-4,9H2,(H2,18,19,20)(H2,21,22,23). The number of hydrogen-bond donors (Lipinski definition) is 4. The molecular weight excluding hydrogens is 447 g/mol. The quantitative estimate of drug-likeness (QED) is 0.383. The summed E-state index contributed by atoms with van der Waals surface area (Å²) < 4.78 is 24.6. The molecule has 1 saturated heterocycles. The van der Waals surface area contributed by atoms with E-state index < -0.39 is 27.0 Å². The molecule has 1 aromatic carbocycles. The van der Waals surface area contributed by atoms with Crippen LogP contribution in [0.1, 0.15) is 31.2 Å². The summed E-state index contributed by atoms with van der Waals surface area (Å²) in [7, 11) is -9.90. The first-order valence-corrected chi connectivity index (χ1v) is 13.4. The minimum absolute atomic E-state index is 0.0457. The van der Waals surface area contributed by atoms with Crippen molar-refractivity contribution < 1.29 is 33.5 Å². The molecule has 144 valence electrons. The first-order chi connectivity index (χ1) is 12.1. The number of carbonyl (C=O) groups excluding carboxylic acids is 1. The van der Waals surface area contributed by atoms with Crippen molar-refractivity contribution >= 4 is 42.0 Å². The zero-order valence-corrected chi connectivity index (χ0v) is 17.3. The SMILES string of the molecule is O=C1C2CCCCC2[Se]N1c1ccc(CC(P(=O)(O)O)P(=O)(O)O)cc1. The van der Waals surface area contributed by atoms with Gasteiger partial charge in [0.25, 0.3) is 0 Å². The van der Waals surface area contributed by atoms with E-state index in [2.05, 4.69) is 0 Å². The third kappa shape index (κ3) is 4.32. The Hall–Kier alpha value is -0.491. The second kappa shape index (κ2) is 7.50. The van der Waals surface area contributed by atoms with Crippen LogP contribution in [0.15, 0.2) is 24.3 Å². The number of amides is 1. The number of nitrogens with zero attached hydrogens (tertiary/aromatic N) is 1. The van der Waals surface area contributed by atoms with Crippen molar-refractivity contribution in [2.24, 2.45) is 5.92 Å². The molecule has 1 heterocycles. The summed E-state index contributed by atoms with van der Waals surface area (Å²) in [5.74, 6) is 0.253. The van der Waals surface area contributed by atoms with Crippen molar-refractivity contribution in [2.45, 2.75) is 42.3 Å². The van der Waals surface area contributed by atoms with Crippen LogP contribution in [-0.4, -0.2) is 46.1 Å². The van der Waals surface area contributed by atoms with Gasteiger partial charge in [-0.3, -0.25) is 0 Å². The fourth-order valence-corrected chi connectivity index (χ4v) is 8.90. The van der Waals surface area contributed by atoms with Crippen LogP contribution in [0.2, 0.25) is 4.82 Å². The van der Waals surface area contributed by atoms with E-state index in [1.807, 2.05) is 0 Å². The van der Waals surface area contributed by atoms with Gasteiger partial charge < -0.3 is 0 Å². The molecule has 1 saturated carbocycles. The van der Waals surface area contributed by atoms with Gasteiger partial charge in [-0.2, -0.15) is 0 Å². The number of fused-ring (bicyclic) bond motifs is 1. The Morgan fingerprint density at radius 3 is 2.15 bits per heavy atom. The van der Waals surface area contributed by atoms with Crippen molar-refractivity contribution in [2.75, 3.05) is 3.92 Å². The number of benzene rings is 1. The van der Waals surface area contributed by atoms with Crippen LogP contribution < -0.4 is 3.92 Å². The Morgan fingerprint density at radius 1 is 1.04 bits per heavy atom. The molecule has 1 amide bonds. The fourth-order valence-electron chi connectivity index (χ4n) is 3.44. The third-order valence-corrected chi connectivity index (χ3v) is 11.6. The molecule has 2 unspecified atom stereocenters. The van der Waals surface area contributed by atoms with Crippen molar-refractivity contribution in [3.8, 4) is 0 Å². The van der Waals surface area contributed by atoms with E-state index >= 15 is 0 Å². The predicted octanol–water partition coefficient (Wildman–Crippen LogP) is 1.86. The van der Waals surface area contributed by atoms with Crippen LogP contribution in [0.25, 0.3) is 0 Å². The molecule has 0 spiro atoms. The van der Waals surface area contributed by atoms with E-state index in [4.69, 9.17) is 0 Å². The topological polar surface area (TPSA) is 135 Å². The summed E-state index contributed by atoms with van der Waals surface area (Å²) in [4.78, 5) is 49.9. The second-order valence-corrected chi connectivity index (χ2v) is 13.2. The summed E-state index contributed by atoms with van der Waals surface area (Å²) in [5.41, 5.74) is 1.14. The van der Waals surface area contributed by atoms with E-state index in [1.165, 1.54) is 0 Å². The summed E-state index contributed by atoms with van der Waals surface area (Å²) in [6.45, 7) is 0. The van der Waals surface area contributed by atoms with E-state index in [9.17, 15) is 33.5 Å². The zero-order chi connectivity index (χ0) is 19.1. The Balaban J connectivity index is 1.75. The molecule has 0 aromatic heterocycles. The van der Waals surface area contributed by atoms with Gasteiger partial charge in [-0.15, -0.1) is 0 Å². The Morgan fingerprint density at radius 2 is 1.62 bits per heavy atom. The van der Waals surface area contributed by atoms with Gasteiger partial charge in [-0.1, -0.05) is 0 Å². The number of hydrogen-bond acceptors (Lipinski definition) is 3. The van der Waals surface area contributed by atoms with Crippen LogP contribution in [0.5, 0.6) is 0 Å². The second-order valence-electron chi connectivity index (χ2n) is 6.70. The van der Waals surface area contributed by atoms with Crippen molar-refractivity contribution in [1.82, 2.24) is 0 Å². The first-order valence-electron chi connectivity index (χ1n) is 8.27. The molecule has 2 fully saturated rings. The molecule has 0 bridgehead atoms. The van der Waals surface area contributed by atoms with E-state index in [1.54, 1.807) is 28.2 Å². The Labute approximate surface area is 157 Å². The van der Waals surface area contributed by atoms with E-state index in [0.29, 0.717) is 10.4 Å². The van der Waals surface area contributed by atoms with Crippen LogP contribution in [-0.2, 0) is 20.3 Å². The van der Waals surface area contributed by atoms with Gasteiger partial charge in [0.1, 0.15) is 0 Å². The van der Waals surface area contributed by atoms with Gasteiger partial charge in [0.05, 0.1) is 0 Å². The van der Waals surface area contributed by atoms with Crippen molar-refractivity contribution in [1.29, 1.82) is 0 Å². The van der Waals surface area contributed by atoms with Gasteiger partial charge in [0, 0.05) is 0 Å². The Kier molecular flexibility index (Phi) is 5.84. The number of carbonyl (C=O) groups is 1. The predicted molar refractivity (Wildman–Crippen MR) is 97.0 cm³/mol. The molecule has 0 radical (unpaired) electrons. The molecule has 1 aliphatic carbocycles. The third-order valence-electron chi connectivity index (χ3n) is 4.83. The number of anilines is 1. The van der Waals surface area contributed by atoms with Crippen molar-refractivity contribution in [3.63, 3.8) is 0 Å². The average molecular weight is 468 g/mol. The van der Waals surface area contributed by atoms with Crippen LogP contribution in [0, 0.1) is 5.92 Å². The van der Waals surface area contributed by atoms with E-state index in [-0.39, 0.29) is 27.0 Å². The van der Waals surface area contributed by atoms with E-state index in [0.717, 1.165) is 31.4 Å². The molecule has 2 atom stereocenters. The molecule has 1 aromatic rings. The normalized spacial score (nSPS) is 24.2. The minimum atomic E-state index is -4.95. The van der Waals surface area contributed by atoms with Crippen LogP contribution in [0.4, 0.5) is 5.69 Å². The first kappa shape index (κ1) is 20.2. The van der Waals surface area contributed by atoms with Gasteiger partial charge in [0.2, 0.25) is 0 Å². The van der Waals surface area contributed by atoms with Crippen LogP contribution >= 0.6 is 15.2 Å². The fraction of sp³-hybridized carbons (Fsp3) is 0.533. The maximum atomic E-state index is 12.6. The zero-order valence-electron chi connectivity index (χ0n) is 13.8. The average Bonchev–Trinajstić information content (AvgIpc) is 2.88. The van der Waals surface area contributed by atoms with Crippen molar-refractivity contribution in [3.05, 3.63) is 29.8 Å². The summed E-state index contributed by atoms with van der Waals surface area (Å²) in [5, 5.41) is -2.05.